The van der Waals surface area contributed by atoms with E-state index in [9.17, 15) is 5.11 Å². The van der Waals surface area contributed by atoms with Crippen LogP contribution in [-0.4, -0.2) is 59.3 Å². The summed E-state index contributed by atoms with van der Waals surface area (Å²) in [7, 11) is 0. The summed E-state index contributed by atoms with van der Waals surface area (Å²) in [5.41, 5.74) is 0. The molecular formula is C12H21N3O. The molecule has 1 N–H and O–H groups in total. The van der Waals surface area contributed by atoms with Crippen LogP contribution in [0.3, 0.4) is 0 Å². The van der Waals surface area contributed by atoms with Crippen LogP contribution in [0.25, 0.3) is 0 Å². The van der Waals surface area contributed by atoms with Crippen molar-refractivity contribution in [3.63, 3.8) is 0 Å². The van der Waals surface area contributed by atoms with Crippen LogP contribution < -0.4 is 0 Å². The summed E-state index contributed by atoms with van der Waals surface area (Å²) in [4.78, 5) is 4.62. The van der Waals surface area contributed by atoms with E-state index in [0.29, 0.717) is 6.04 Å². The number of aliphatic hydroxyl groups excluding tert-OH is 1. The third-order valence-electron chi connectivity index (χ3n) is 4.00. The second-order valence-corrected chi connectivity index (χ2v) is 4.94. The van der Waals surface area contributed by atoms with Crippen molar-refractivity contribution >= 4 is 0 Å². The minimum atomic E-state index is -0.125. The van der Waals surface area contributed by atoms with E-state index >= 15 is 0 Å². The topological polar surface area (TPSA) is 50.5 Å². The lowest BCUT2D eigenvalue weighted by molar-refractivity contribution is 0.0313. The number of nitrogens with zero attached hydrogens (tertiary/aromatic N) is 3. The van der Waals surface area contributed by atoms with E-state index in [1.165, 1.54) is 0 Å². The van der Waals surface area contributed by atoms with Crippen molar-refractivity contribution in [2.24, 2.45) is 0 Å². The van der Waals surface area contributed by atoms with E-state index < -0.39 is 0 Å². The molecule has 4 nitrogen and oxygen atoms in total. The first kappa shape index (κ1) is 11.8. The van der Waals surface area contributed by atoms with Gasteiger partial charge in [-0.3, -0.25) is 9.80 Å². The van der Waals surface area contributed by atoms with Gasteiger partial charge in [0, 0.05) is 32.2 Å². The van der Waals surface area contributed by atoms with Crippen molar-refractivity contribution in [1.82, 2.24) is 9.80 Å². The third-order valence-corrected chi connectivity index (χ3v) is 4.00. The van der Waals surface area contributed by atoms with Gasteiger partial charge in [-0.25, -0.2) is 0 Å². The Morgan fingerprint density at radius 1 is 1.25 bits per heavy atom. The molecule has 0 radical (unpaired) electrons. The summed E-state index contributed by atoms with van der Waals surface area (Å²) >= 11 is 0. The highest BCUT2D eigenvalue weighted by atomic mass is 16.3. The molecule has 2 rings (SSSR count). The summed E-state index contributed by atoms with van der Waals surface area (Å²) < 4.78 is 0. The number of rotatable bonds is 2. The Balaban J connectivity index is 1.83. The number of hydrogen-bond donors (Lipinski definition) is 1. The minimum absolute atomic E-state index is 0.0238. The van der Waals surface area contributed by atoms with Gasteiger partial charge in [-0.15, -0.1) is 0 Å². The van der Waals surface area contributed by atoms with Gasteiger partial charge >= 0.3 is 0 Å². The van der Waals surface area contributed by atoms with E-state index in [4.69, 9.17) is 5.26 Å². The lowest BCUT2D eigenvalue weighted by atomic mass is 10.1. The van der Waals surface area contributed by atoms with Crippen molar-refractivity contribution < 1.29 is 5.11 Å². The maximum Gasteiger partial charge on any atom is 0.0950 e. The Morgan fingerprint density at radius 3 is 2.44 bits per heavy atom. The van der Waals surface area contributed by atoms with Crippen LogP contribution in [0.1, 0.15) is 26.2 Å². The van der Waals surface area contributed by atoms with Crippen LogP contribution in [0, 0.1) is 11.3 Å². The second-order valence-electron chi connectivity index (χ2n) is 4.94. The van der Waals surface area contributed by atoms with E-state index in [-0.39, 0.29) is 12.1 Å². The molecule has 0 spiro atoms. The Hall–Kier alpha value is -0.630. The standard InChI is InChI=1S/C12H21N3O/c1-10(9-13)14-5-7-15(8-6-14)11-3-2-4-12(11)16/h10-12,16H,2-8H2,1H3. The normalized spacial score (nSPS) is 34.8. The summed E-state index contributed by atoms with van der Waals surface area (Å²) in [6.45, 7) is 5.86. The predicted octanol–water partition coefficient (Wildman–Crippen LogP) is 0.429. The number of piperazine rings is 1. The Labute approximate surface area is 97.4 Å². The van der Waals surface area contributed by atoms with Crippen LogP contribution in [0.5, 0.6) is 0 Å². The van der Waals surface area contributed by atoms with E-state index in [2.05, 4.69) is 15.9 Å². The molecule has 1 saturated heterocycles. The van der Waals surface area contributed by atoms with Crippen LogP contribution in [0.2, 0.25) is 0 Å². The van der Waals surface area contributed by atoms with Gasteiger partial charge in [0.1, 0.15) is 0 Å². The van der Waals surface area contributed by atoms with Gasteiger partial charge in [0.05, 0.1) is 18.2 Å². The third kappa shape index (κ3) is 2.37. The van der Waals surface area contributed by atoms with Crippen LogP contribution in [-0.2, 0) is 0 Å². The van der Waals surface area contributed by atoms with Gasteiger partial charge in [0.2, 0.25) is 0 Å². The first-order chi connectivity index (χ1) is 7.72. The Bertz CT molecular complexity index is 268. The van der Waals surface area contributed by atoms with Gasteiger partial charge in [-0.05, 0) is 26.2 Å². The van der Waals surface area contributed by atoms with E-state index in [1.807, 2.05) is 6.92 Å². The fourth-order valence-electron chi connectivity index (χ4n) is 2.88. The summed E-state index contributed by atoms with van der Waals surface area (Å²) in [6.07, 6.45) is 3.12. The molecule has 90 valence electrons. The molecule has 3 unspecified atom stereocenters. The maximum atomic E-state index is 9.85. The summed E-state index contributed by atoms with van der Waals surface area (Å²) in [6, 6.07) is 2.68. The maximum absolute atomic E-state index is 9.85. The van der Waals surface area contributed by atoms with Crippen molar-refractivity contribution in [2.75, 3.05) is 26.2 Å². The quantitative estimate of drug-likeness (QED) is 0.737. The van der Waals surface area contributed by atoms with Gasteiger partial charge in [0.25, 0.3) is 0 Å². The zero-order valence-electron chi connectivity index (χ0n) is 9.97. The molecule has 2 aliphatic rings. The molecule has 0 aromatic carbocycles. The highest BCUT2D eigenvalue weighted by Crippen LogP contribution is 2.25. The molecule has 0 amide bonds. The average Bonchev–Trinajstić information content (AvgIpc) is 2.75. The fraction of sp³-hybridized carbons (Fsp3) is 0.917. The molecule has 16 heavy (non-hydrogen) atoms. The van der Waals surface area contributed by atoms with Crippen molar-refractivity contribution in [3.05, 3.63) is 0 Å². The van der Waals surface area contributed by atoms with Gasteiger partial charge < -0.3 is 5.11 Å². The minimum Gasteiger partial charge on any atom is -0.391 e. The van der Waals surface area contributed by atoms with Crippen LogP contribution in [0.4, 0.5) is 0 Å². The van der Waals surface area contributed by atoms with Crippen molar-refractivity contribution in [3.8, 4) is 6.07 Å². The first-order valence-corrected chi connectivity index (χ1v) is 6.28. The molecule has 1 aliphatic heterocycles. The second kappa shape index (κ2) is 5.13. The first-order valence-electron chi connectivity index (χ1n) is 6.28. The van der Waals surface area contributed by atoms with E-state index in [0.717, 1.165) is 45.4 Å². The lowest BCUT2D eigenvalue weighted by Crippen LogP contribution is -2.53. The molecule has 1 aliphatic carbocycles. The lowest BCUT2D eigenvalue weighted by Gasteiger charge is -2.39. The van der Waals surface area contributed by atoms with Gasteiger partial charge in [-0.1, -0.05) is 0 Å². The number of nitriles is 1. The highest BCUT2D eigenvalue weighted by Gasteiger charge is 2.33. The largest absolute Gasteiger partial charge is 0.391 e. The van der Waals surface area contributed by atoms with Crippen molar-refractivity contribution in [2.45, 2.75) is 44.4 Å². The molecule has 1 heterocycles. The fourth-order valence-corrected chi connectivity index (χ4v) is 2.88. The van der Waals surface area contributed by atoms with Crippen molar-refractivity contribution in [1.29, 1.82) is 5.26 Å². The molecule has 1 saturated carbocycles. The highest BCUT2D eigenvalue weighted by molar-refractivity contribution is 4.93. The molecule has 0 aromatic rings. The smallest absolute Gasteiger partial charge is 0.0950 e. The van der Waals surface area contributed by atoms with Gasteiger partial charge in [0.15, 0.2) is 0 Å². The van der Waals surface area contributed by atoms with Crippen LogP contribution in [0.15, 0.2) is 0 Å². The monoisotopic (exact) mass is 223 g/mol. The molecular weight excluding hydrogens is 202 g/mol. The zero-order chi connectivity index (χ0) is 11.5. The summed E-state index contributed by atoms with van der Waals surface area (Å²) in [5, 5.41) is 18.7. The SMILES string of the molecule is CC(C#N)N1CCN(C2CCCC2O)CC1. The molecule has 3 atom stereocenters. The predicted molar refractivity (Wildman–Crippen MR) is 61.9 cm³/mol. The Morgan fingerprint density at radius 2 is 1.94 bits per heavy atom. The number of aliphatic hydroxyl groups is 1. The molecule has 4 heteroatoms. The zero-order valence-corrected chi connectivity index (χ0v) is 9.97. The molecule has 2 fully saturated rings. The Kier molecular flexibility index (Phi) is 3.80. The average molecular weight is 223 g/mol. The van der Waals surface area contributed by atoms with Crippen LogP contribution >= 0.6 is 0 Å². The van der Waals surface area contributed by atoms with Gasteiger partial charge in [-0.2, -0.15) is 5.26 Å². The summed E-state index contributed by atoms with van der Waals surface area (Å²) in [5.74, 6) is 0. The number of hydrogen-bond acceptors (Lipinski definition) is 4. The molecule has 0 aromatic heterocycles. The molecule has 0 bridgehead atoms. The van der Waals surface area contributed by atoms with E-state index in [1.54, 1.807) is 0 Å².